The molecule has 27 heavy (non-hydrogen) atoms. The van der Waals surface area contributed by atoms with Gasteiger partial charge < -0.3 is 9.47 Å². The molecule has 1 saturated heterocycles. The molecule has 0 N–H and O–H groups in total. The van der Waals surface area contributed by atoms with E-state index < -0.39 is 17.6 Å². The van der Waals surface area contributed by atoms with Crippen molar-refractivity contribution in [3.8, 4) is 0 Å². The molecule has 1 saturated carbocycles. The van der Waals surface area contributed by atoms with E-state index in [-0.39, 0.29) is 36.9 Å². The predicted molar refractivity (Wildman–Crippen MR) is 102 cm³/mol. The van der Waals surface area contributed by atoms with E-state index in [1.54, 1.807) is 0 Å². The van der Waals surface area contributed by atoms with Gasteiger partial charge in [0.2, 0.25) is 5.91 Å². The molecule has 2 unspecified atom stereocenters. The number of hydrogen-bond donors (Lipinski definition) is 0. The van der Waals surface area contributed by atoms with Crippen LogP contribution in [-0.4, -0.2) is 41.1 Å². The average Bonchev–Trinajstić information content (AvgIpc) is 2.94. The lowest BCUT2D eigenvalue weighted by Gasteiger charge is -2.30. The van der Waals surface area contributed by atoms with E-state index in [0.29, 0.717) is 12.3 Å². The second kappa shape index (κ2) is 9.07. The molecule has 0 radical (unpaired) electrons. The van der Waals surface area contributed by atoms with Gasteiger partial charge in [-0.25, -0.2) is 9.69 Å². The molecule has 0 aromatic heterocycles. The Bertz CT molecular complexity index is 545. The minimum absolute atomic E-state index is 0.0151. The summed E-state index contributed by atoms with van der Waals surface area (Å²) in [5.41, 5.74) is -0.595. The normalized spacial score (nSPS) is 22.7. The number of nitrogens with zero attached hydrogens (tertiary/aromatic N) is 1. The molecule has 2 rings (SSSR count). The van der Waals surface area contributed by atoms with Gasteiger partial charge in [0.05, 0.1) is 12.5 Å². The third-order valence-corrected chi connectivity index (χ3v) is 5.44. The Labute approximate surface area is 162 Å². The highest BCUT2D eigenvalue weighted by Crippen LogP contribution is 2.33. The maximum atomic E-state index is 13.3. The first-order valence-electron chi connectivity index (χ1n) is 10.3. The molecule has 0 bridgehead atoms. The monoisotopic (exact) mass is 381 g/mol. The summed E-state index contributed by atoms with van der Waals surface area (Å²) in [6, 6.07) is -0.266. The van der Waals surface area contributed by atoms with Gasteiger partial charge in [0.25, 0.3) is 0 Å². The Hall–Kier alpha value is -1.59. The molecular formula is C21H35NO5. The summed E-state index contributed by atoms with van der Waals surface area (Å²) in [5.74, 6) is -0.670. The van der Waals surface area contributed by atoms with Crippen molar-refractivity contribution < 1.29 is 23.9 Å². The number of cyclic esters (lactones) is 1. The van der Waals surface area contributed by atoms with E-state index >= 15 is 0 Å². The van der Waals surface area contributed by atoms with Crippen molar-refractivity contribution >= 4 is 18.0 Å². The Morgan fingerprint density at radius 2 is 1.81 bits per heavy atom. The number of esters is 1. The molecule has 2 aliphatic rings. The summed E-state index contributed by atoms with van der Waals surface area (Å²) in [7, 11) is 0. The lowest BCUT2D eigenvalue weighted by Crippen LogP contribution is -2.46. The SMILES string of the molecule is CC(C)C1COC(=O)N1C(=O)C(CC(=O)OC(C)(C)C)CC1CCCCC1. The zero-order chi connectivity index (χ0) is 20.2. The maximum Gasteiger partial charge on any atom is 0.416 e. The molecule has 6 heteroatoms. The fourth-order valence-corrected chi connectivity index (χ4v) is 4.06. The standard InChI is InChI=1S/C21H35NO5/c1-14(2)17-13-26-20(25)22(17)19(24)16(11-15-9-7-6-8-10-15)12-18(23)27-21(3,4)5/h14-17H,6-13H2,1-5H3. The first-order chi connectivity index (χ1) is 12.6. The number of ether oxygens (including phenoxy) is 2. The minimum Gasteiger partial charge on any atom is -0.460 e. The molecule has 0 aromatic rings. The minimum atomic E-state index is -0.595. The quantitative estimate of drug-likeness (QED) is 0.641. The molecule has 6 nitrogen and oxygen atoms in total. The third-order valence-electron chi connectivity index (χ3n) is 5.44. The van der Waals surface area contributed by atoms with E-state index in [0.717, 1.165) is 12.8 Å². The van der Waals surface area contributed by atoms with Crippen molar-refractivity contribution in [3.63, 3.8) is 0 Å². The van der Waals surface area contributed by atoms with Gasteiger partial charge in [0.1, 0.15) is 12.2 Å². The van der Waals surface area contributed by atoms with Crippen LogP contribution in [0, 0.1) is 17.8 Å². The van der Waals surface area contributed by atoms with E-state index in [9.17, 15) is 14.4 Å². The van der Waals surface area contributed by atoms with Gasteiger partial charge in [-0.2, -0.15) is 0 Å². The van der Waals surface area contributed by atoms with Crippen LogP contribution in [0.15, 0.2) is 0 Å². The third kappa shape index (κ3) is 6.22. The summed E-state index contributed by atoms with van der Waals surface area (Å²) in [6.45, 7) is 9.61. The van der Waals surface area contributed by atoms with Crippen LogP contribution in [0.25, 0.3) is 0 Å². The first-order valence-corrected chi connectivity index (χ1v) is 10.3. The van der Waals surface area contributed by atoms with Gasteiger partial charge >= 0.3 is 12.1 Å². The fraction of sp³-hybridized carbons (Fsp3) is 0.857. The van der Waals surface area contributed by atoms with Crippen molar-refractivity contribution in [1.29, 1.82) is 0 Å². The van der Waals surface area contributed by atoms with E-state index in [1.165, 1.54) is 24.2 Å². The summed E-state index contributed by atoms with van der Waals surface area (Å²) < 4.78 is 10.6. The number of amides is 2. The van der Waals surface area contributed by atoms with Gasteiger partial charge in [-0.15, -0.1) is 0 Å². The molecule has 0 aromatic carbocycles. The smallest absolute Gasteiger partial charge is 0.416 e. The van der Waals surface area contributed by atoms with Gasteiger partial charge in [0, 0.05) is 5.92 Å². The summed E-state index contributed by atoms with van der Waals surface area (Å²) in [4.78, 5) is 39.1. The van der Waals surface area contributed by atoms with Gasteiger partial charge in [-0.05, 0) is 39.0 Å². The lowest BCUT2D eigenvalue weighted by molar-refractivity contribution is -0.158. The van der Waals surface area contributed by atoms with Crippen LogP contribution in [-0.2, 0) is 19.1 Å². The molecule has 2 fully saturated rings. The topological polar surface area (TPSA) is 72.9 Å². The highest BCUT2D eigenvalue weighted by Gasteiger charge is 2.43. The lowest BCUT2D eigenvalue weighted by atomic mass is 9.81. The molecule has 2 amide bonds. The fourth-order valence-electron chi connectivity index (χ4n) is 4.06. The van der Waals surface area contributed by atoms with Crippen molar-refractivity contribution in [3.05, 3.63) is 0 Å². The van der Waals surface area contributed by atoms with Gasteiger partial charge in [-0.1, -0.05) is 46.0 Å². The van der Waals surface area contributed by atoms with Crippen LogP contribution >= 0.6 is 0 Å². The zero-order valence-electron chi connectivity index (χ0n) is 17.5. The Morgan fingerprint density at radius 1 is 1.19 bits per heavy atom. The summed E-state index contributed by atoms with van der Waals surface area (Å²) in [6.07, 6.45) is 5.78. The van der Waals surface area contributed by atoms with Gasteiger partial charge in [0.15, 0.2) is 0 Å². The van der Waals surface area contributed by atoms with E-state index in [2.05, 4.69) is 0 Å². The largest absolute Gasteiger partial charge is 0.460 e. The van der Waals surface area contributed by atoms with Gasteiger partial charge in [-0.3, -0.25) is 9.59 Å². The number of hydrogen-bond acceptors (Lipinski definition) is 5. The Balaban J connectivity index is 2.15. The van der Waals surface area contributed by atoms with Crippen LogP contribution in [0.5, 0.6) is 0 Å². The number of carbonyl (C=O) groups is 3. The predicted octanol–water partition coefficient (Wildman–Crippen LogP) is 4.31. The molecule has 154 valence electrons. The molecule has 1 heterocycles. The molecular weight excluding hydrogens is 346 g/mol. The van der Waals surface area contributed by atoms with Crippen LogP contribution in [0.2, 0.25) is 0 Å². The number of imide groups is 1. The zero-order valence-corrected chi connectivity index (χ0v) is 17.5. The molecule has 1 aliphatic carbocycles. The maximum absolute atomic E-state index is 13.3. The Morgan fingerprint density at radius 3 is 2.37 bits per heavy atom. The average molecular weight is 382 g/mol. The van der Waals surface area contributed by atoms with Crippen molar-refractivity contribution in [2.45, 2.75) is 91.2 Å². The molecule has 2 atom stereocenters. The van der Waals surface area contributed by atoms with Crippen molar-refractivity contribution in [1.82, 2.24) is 4.90 Å². The summed E-state index contributed by atoms with van der Waals surface area (Å²) >= 11 is 0. The highest BCUT2D eigenvalue weighted by atomic mass is 16.6. The van der Waals surface area contributed by atoms with Crippen LogP contribution < -0.4 is 0 Å². The van der Waals surface area contributed by atoms with Crippen LogP contribution in [0.4, 0.5) is 4.79 Å². The van der Waals surface area contributed by atoms with Crippen molar-refractivity contribution in [2.24, 2.45) is 17.8 Å². The Kier molecular flexibility index (Phi) is 7.29. The molecule has 1 aliphatic heterocycles. The second-order valence-electron chi connectivity index (χ2n) is 9.32. The number of carbonyl (C=O) groups excluding carboxylic acids is 3. The second-order valence-corrected chi connectivity index (χ2v) is 9.32. The number of rotatable bonds is 6. The van der Waals surface area contributed by atoms with E-state index in [1.807, 2.05) is 34.6 Å². The van der Waals surface area contributed by atoms with E-state index in [4.69, 9.17) is 9.47 Å². The van der Waals surface area contributed by atoms with Crippen LogP contribution in [0.3, 0.4) is 0 Å². The van der Waals surface area contributed by atoms with Crippen molar-refractivity contribution in [2.75, 3.05) is 6.61 Å². The molecule has 0 spiro atoms. The summed E-state index contributed by atoms with van der Waals surface area (Å²) in [5, 5.41) is 0. The van der Waals surface area contributed by atoms with Crippen LogP contribution in [0.1, 0.15) is 79.6 Å². The first kappa shape index (κ1) is 21.7. The highest BCUT2D eigenvalue weighted by molar-refractivity contribution is 5.96.